The molecule has 39 heavy (non-hydrogen) atoms. The zero-order valence-electron chi connectivity index (χ0n) is 24.5. The third-order valence-electron chi connectivity index (χ3n) is 4.61. The highest BCUT2D eigenvalue weighted by molar-refractivity contribution is 5.87. The molecule has 13 nitrogen and oxygen atoms in total. The van der Waals surface area contributed by atoms with Gasteiger partial charge < -0.3 is 40.6 Å². The van der Waals surface area contributed by atoms with Crippen LogP contribution in [0.2, 0.25) is 0 Å². The fraction of sp³-hybridized carbons (Fsp3) is 0.808. The highest BCUT2D eigenvalue weighted by atomic mass is 16.6. The van der Waals surface area contributed by atoms with Gasteiger partial charge in [0.1, 0.15) is 29.9 Å². The van der Waals surface area contributed by atoms with Crippen LogP contribution in [0.15, 0.2) is 0 Å². The standard InChI is InChI=1S/C26H48N4O9/c1-8-28-20(31)11-9-18(23(34)38-25(2,3)4)29-21(32)12-10-19(24(35)39-26(5,6)7)30-22(33)17-37-16-15-36-14-13-27/h18-19H,8-17,27H2,1-7H3,(H,28,31)(H,29,32)(H,30,33)/t18?,19-/m0/s1. The first kappa shape index (κ1) is 36.2. The fourth-order valence-electron chi connectivity index (χ4n) is 3.05. The van der Waals surface area contributed by atoms with E-state index in [1.165, 1.54) is 0 Å². The van der Waals surface area contributed by atoms with Gasteiger partial charge in [0.25, 0.3) is 0 Å². The van der Waals surface area contributed by atoms with Gasteiger partial charge in [0.05, 0.1) is 19.8 Å². The molecular weight excluding hydrogens is 512 g/mol. The van der Waals surface area contributed by atoms with Crippen LogP contribution < -0.4 is 21.7 Å². The van der Waals surface area contributed by atoms with Crippen molar-refractivity contribution in [1.82, 2.24) is 16.0 Å². The van der Waals surface area contributed by atoms with Gasteiger partial charge in [-0.15, -0.1) is 0 Å². The minimum absolute atomic E-state index is 0.00584. The van der Waals surface area contributed by atoms with Crippen molar-refractivity contribution in [1.29, 1.82) is 0 Å². The first-order chi connectivity index (χ1) is 18.1. The summed E-state index contributed by atoms with van der Waals surface area (Å²) in [6.45, 7) is 13.2. The predicted molar refractivity (Wildman–Crippen MR) is 143 cm³/mol. The van der Waals surface area contributed by atoms with Crippen LogP contribution in [0.5, 0.6) is 0 Å². The van der Waals surface area contributed by atoms with Crippen molar-refractivity contribution in [3.8, 4) is 0 Å². The smallest absolute Gasteiger partial charge is 0.329 e. The van der Waals surface area contributed by atoms with Crippen LogP contribution in [0.1, 0.15) is 74.1 Å². The quantitative estimate of drug-likeness (QED) is 0.134. The Kier molecular flexibility index (Phi) is 17.2. The number of ether oxygens (including phenoxy) is 4. The van der Waals surface area contributed by atoms with Crippen molar-refractivity contribution < 1.29 is 42.9 Å². The minimum atomic E-state index is -1.13. The van der Waals surface area contributed by atoms with Crippen LogP contribution in [-0.2, 0) is 42.9 Å². The Morgan fingerprint density at radius 2 is 1.15 bits per heavy atom. The summed E-state index contributed by atoms with van der Waals surface area (Å²) in [6.07, 6.45) is -0.265. The minimum Gasteiger partial charge on any atom is -0.458 e. The van der Waals surface area contributed by atoms with Crippen LogP contribution in [0.4, 0.5) is 0 Å². The third-order valence-corrected chi connectivity index (χ3v) is 4.61. The number of hydrogen-bond donors (Lipinski definition) is 4. The van der Waals surface area contributed by atoms with Crippen molar-refractivity contribution in [2.45, 2.75) is 97.4 Å². The van der Waals surface area contributed by atoms with E-state index in [1.54, 1.807) is 48.5 Å². The van der Waals surface area contributed by atoms with Gasteiger partial charge >= 0.3 is 11.9 Å². The second-order valence-electron chi connectivity index (χ2n) is 10.8. The van der Waals surface area contributed by atoms with Gasteiger partial charge in [-0.25, -0.2) is 9.59 Å². The molecule has 2 atom stereocenters. The molecule has 0 aliphatic rings. The van der Waals surface area contributed by atoms with Gasteiger partial charge in [0, 0.05) is 25.9 Å². The van der Waals surface area contributed by atoms with E-state index >= 15 is 0 Å². The maximum atomic E-state index is 12.8. The molecule has 3 amide bonds. The van der Waals surface area contributed by atoms with E-state index in [1.807, 2.05) is 0 Å². The summed E-state index contributed by atoms with van der Waals surface area (Å²) in [5.74, 6) is -2.78. The molecule has 0 aliphatic carbocycles. The van der Waals surface area contributed by atoms with Crippen molar-refractivity contribution >= 4 is 29.7 Å². The van der Waals surface area contributed by atoms with Gasteiger partial charge in [-0.3, -0.25) is 14.4 Å². The van der Waals surface area contributed by atoms with E-state index < -0.39 is 47.0 Å². The van der Waals surface area contributed by atoms with Gasteiger partial charge in [-0.1, -0.05) is 0 Å². The summed E-state index contributed by atoms with van der Waals surface area (Å²) in [5, 5.41) is 7.76. The molecule has 0 radical (unpaired) electrons. The summed E-state index contributed by atoms with van der Waals surface area (Å²) in [7, 11) is 0. The normalized spacial score (nSPS) is 13.1. The molecule has 13 heteroatoms. The molecule has 226 valence electrons. The molecule has 0 saturated heterocycles. The Morgan fingerprint density at radius 3 is 1.62 bits per heavy atom. The number of esters is 2. The average molecular weight is 561 g/mol. The Labute approximate surface area is 231 Å². The van der Waals surface area contributed by atoms with Crippen molar-refractivity contribution in [3.63, 3.8) is 0 Å². The number of nitrogens with two attached hydrogens (primary N) is 1. The summed E-state index contributed by atoms with van der Waals surface area (Å²) in [6, 6.07) is -2.20. The lowest BCUT2D eigenvalue weighted by atomic mass is 10.1. The predicted octanol–water partition coefficient (Wildman–Crippen LogP) is 0.328. The Bertz CT molecular complexity index is 791. The third kappa shape index (κ3) is 19.9. The number of amides is 3. The molecule has 1 unspecified atom stereocenters. The Balaban J connectivity index is 5.20. The molecule has 0 heterocycles. The van der Waals surface area contributed by atoms with E-state index in [9.17, 15) is 24.0 Å². The monoisotopic (exact) mass is 560 g/mol. The molecule has 0 aromatic rings. The molecule has 0 rings (SSSR count). The molecule has 0 saturated carbocycles. The van der Waals surface area contributed by atoms with E-state index in [-0.39, 0.29) is 51.4 Å². The molecule has 0 spiro atoms. The fourth-order valence-corrected chi connectivity index (χ4v) is 3.05. The molecule has 0 aliphatic heterocycles. The zero-order chi connectivity index (χ0) is 30.1. The zero-order valence-corrected chi connectivity index (χ0v) is 24.5. The van der Waals surface area contributed by atoms with Crippen molar-refractivity contribution in [3.05, 3.63) is 0 Å². The SMILES string of the molecule is CCNC(=O)CCC(NC(=O)CC[C@H](NC(=O)COCCOCCN)C(=O)OC(C)(C)C)C(=O)OC(C)(C)C. The topological polar surface area (TPSA) is 184 Å². The van der Waals surface area contributed by atoms with Crippen LogP contribution in [-0.4, -0.2) is 92.5 Å². The largest absolute Gasteiger partial charge is 0.458 e. The average Bonchev–Trinajstić information content (AvgIpc) is 2.79. The molecule has 0 fully saturated rings. The van der Waals surface area contributed by atoms with E-state index in [0.717, 1.165) is 0 Å². The second kappa shape index (κ2) is 18.5. The van der Waals surface area contributed by atoms with Crippen LogP contribution >= 0.6 is 0 Å². The van der Waals surface area contributed by atoms with E-state index in [4.69, 9.17) is 24.7 Å². The number of rotatable bonds is 18. The lowest BCUT2D eigenvalue weighted by Crippen LogP contribution is -2.47. The molecule has 5 N–H and O–H groups in total. The van der Waals surface area contributed by atoms with Crippen LogP contribution in [0, 0.1) is 0 Å². The number of carbonyl (C=O) groups is 5. The van der Waals surface area contributed by atoms with Crippen molar-refractivity contribution in [2.75, 3.05) is 39.5 Å². The number of nitrogens with one attached hydrogen (secondary N) is 3. The summed E-state index contributed by atoms with van der Waals surface area (Å²) in [4.78, 5) is 62.4. The van der Waals surface area contributed by atoms with Gasteiger partial charge in [-0.05, 0) is 61.3 Å². The molecule has 0 aromatic heterocycles. The summed E-state index contributed by atoms with van der Waals surface area (Å²) < 4.78 is 21.2. The van der Waals surface area contributed by atoms with E-state index in [2.05, 4.69) is 16.0 Å². The van der Waals surface area contributed by atoms with Crippen LogP contribution in [0.25, 0.3) is 0 Å². The van der Waals surface area contributed by atoms with Crippen LogP contribution in [0.3, 0.4) is 0 Å². The maximum absolute atomic E-state index is 12.8. The van der Waals surface area contributed by atoms with Crippen molar-refractivity contribution in [2.24, 2.45) is 5.73 Å². The Hall–Kier alpha value is -2.77. The molecular formula is C26H48N4O9. The lowest BCUT2D eigenvalue weighted by Gasteiger charge is -2.26. The van der Waals surface area contributed by atoms with Gasteiger partial charge in [0.15, 0.2) is 0 Å². The highest BCUT2D eigenvalue weighted by Crippen LogP contribution is 2.13. The van der Waals surface area contributed by atoms with Gasteiger partial charge in [-0.2, -0.15) is 0 Å². The lowest BCUT2D eigenvalue weighted by molar-refractivity contribution is -0.160. The first-order valence-electron chi connectivity index (χ1n) is 13.2. The summed E-state index contributed by atoms with van der Waals surface area (Å²) in [5.41, 5.74) is 3.72. The first-order valence-corrected chi connectivity index (χ1v) is 13.2. The maximum Gasteiger partial charge on any atom is 0.329 e. The molecule has 0 aromatic carbocycles. The Morgan fingerprint density at radius 1 is 0.692 bits per heavy atom. The van der Waals surface area contributed by atoms with E-state index in [0.29, 0.717) is 19.7 Å². The highest BCUT2D eigenvalue weighted by Gasteiger charge is 2.30. The van der Waals surface area contributed by atoms with Gasteiger partial charge in [0.2, 0.25) is 17.7 Å². The number of hydrogen-bond acceptors (Lipinski definition) is 10. The summed E-state index contributed by atoms with van der Waals surface area (Å²) >= 11 is 0. The molecule has 0 bridgehead atoms. The second-order valence-corrected chi connectivity index (χ2v) is 10.8. The number of carbonyl (C=O) groups excluding carboxylic acids is 5.